The fourth-order valence-corrected chi connectivity index (χ4v) is 3.69. The third-order valence-electron chi connectivity index (χ3n) is 4.62. The molecule has 3 rings (SSSR count). The lowest BCUT2D eigenvalue weighted by molar-refractivity contribution is 0.0706. The number of amides is 3. The molecule has 0 aliphatic rings. The van der Waals surface area contributed by atoms with E-state index in [4.69, 9.17) is 16.7 Å². The molecule has 2 aromatic heterocycles. The highest BCUT2D eigenvalue weighted by molar-refractivity contribution is 9.10. The Morgan fingerprint density at radius 1 is 1.32 bits per heavy atom. The van der Waals surface area contributed by atoms with Crippen molar-refractivity contribution in [3.05, 3.63) is 74.2 Å². The molecule has 0 radical (unpaired) electrons. The quantitative estimate of drug-likeness (QED) is 0.414. The number of halogens is 2. The van der Waals surface area contributed by atoms with Gasteiger partial charge in [-0.05, 0) is 52.7 Å². The Bertz CT molecular complexity index is 1340. The highest BCUT2D eigenvalue weighted by atomic mass is 79.9. The maximum absolute atomic E-state index is 13.2. The second-order valence-electron chi connectivity index (χ2n) is 7.00. The molecule has 0 aliphatic carbocycles. The van der Waals surface area contributed by atoms with E-state index < -0.39 is 17.9 Å². The summed E-state index contributed by atoms with van der Waals surface area (Å²) in [5.74, 6) is -1.37. The first kappa shape index (κ1) is 24.7. The zero-order chi connectivity index (χ0) is 25.0. The van der Waals surface area contributed by atoms with Gasteiger partial charge in [0.1, 0.15) is 10.3 Å². The largest absolute Gasteiger partial charge is 0.464 e. The van der Waals surface area contributed by atoms with Crippen molar-refractivity contribution in [3.8, 4) is 6.07 Å². The molecule has 0 atom stereocenters. The number of aromatic nitrogens is 3. The van der Waals surface area contributed by atoms with E-state index in [1.807, 2.05) is 11.5 Å². The van der Waals surface area contributed by atoms with Gasteiger partial charge >= 0.3 is 6.09 Å². The van der Waals surface area contributed by atoms with Crippen LogP contribution in [0.1, 0.15) is 37.7 Å². The standard InChI is InChI=1S/C21H17BrClN7O4/c1-11-6-12(9-24)7-13(20(32)29(2)28-21(33)34)18(11)26-19(31)16-8-17(22)27-30(16)10-15-14(23)4-3-5-25-15/h3-8,28H,10H2,1-2H3,(H,26,31)(H,33,34). The molecular formula is C21H17BrClN7O4. The molecule has 34 heavy (non-hydrogen) atoms. The summed E-state index contributed by atoms with van der Waals surface area (Å²) in [5, 5.41) is 26.3. The summed E-state index contributed by atoms with van der Waals surface area (Å²) in [6.45, 7) is 1.72. The third kappa shape index (κ3) is 5.51. The molecule has 3 aromatic rings. The van der Waals surface area contributed by atoms with E-state index in [9.17, 15) is 19.6 Å². The van der Waals surface area contributed by atoms with E-state index in [0.29, 0.717) is 20.9 Å². The molecule has 13 heteroatoms. The highest BCUT2D eigenvalue weighted by Crippen LogP contribution is 2.26. The number of hydrogen-bond acceptors (Lipinski definition) is 6. The van der Waals surface area contributed by atoms with Crippen molar-refractivity contribution in [2.45, 2.75) is 13.5 Å². The molecule has 0 saturated heterocycles. The van der Waals surface area contributed by atoms with Gasteiger partial charge < -0.3 is 10.4 Å². The molecule has 0 aliphatic heterocycles. The summed E-state index contributed by atoms with van der Waals surface area (Å²) in [6, 6.07) is 9.55. The SMILES string of the molecule is Cc1cc(C#N)cc(C(=O)N(C)NC(=O)O)c1NC(=O)c1cc(Br)nn1Cc1ncccc1Cl. The zero-order valence-electron chi connectivity index (χ0n) is 17.8. The second kappa shape index (κ2) is 10.3. The van der Waals surface area contributed by atoms with Gasteiger partial charge in [0.05, 0.1) is 40.1 Å². The van der Waals surface area contributed by atoms with Crippen LogP contribution in [0.5, 0.6) is 0 Å². The lowest BCUT2D eigenvalue weighted by Gasteiger charge is -2.20. The van der Waals surface area contributed by atoms with Crippen molar-refractivity contribution in [3.63, 3.8) is 0 Å². The molecule has 11 nitrogen and oxygen atoms in total. The van der Waals surface area contributed by atoms with Crippen LogP contribution in [0.3, 0.4) is 0 Å². The molecule has 3 amide bonds. The number of nitriles is 1. The topological polar surface area (TPSA) is 153 Å². The Kier molecular flexibility index (Phi) is 7.50. The summed E-state index contributed by atoms with van der Waals surface area (Å²) in [6.07, 6.45) is 0.121. The first-order valence-electron chi connectivity index (χ1n) is 9.57. The maximum Gasteiger partial charge on any atom is 0.423 e. The smallest absolute Gasteiger partial charge is 0.423 e. The van der Waals surface area contributed by atoms with Gasteiger partial charge in [-0.2, -0.15) is 10.4 Å². The van der Waals surface area contributed by atoms with E-state index >= 15 is 0 Å². The number of nitrogens with one attached hydrogen (secondary N) is 2. The third-order valence-corrected chi connectivity index (χ3v) is 5.35. The molecule has 0 spiro atoms. The molecule has 1 aromatic carbocycles. The Balaban J connectivity index is 1.98. The first-order chi connectivity index (χ1) is 16.1. The number of benzene rings is 1. The number of hydrogen-bond donors (Lipinski definition) is 3. The predicted octanol–water partition coefficient (Wildman–Crippen LogP) is 3.43. The highest BCUT2D eigenvalue weighted by Gasteiger charge is 2.23. The Labute approximate surface area is 207 Å². The van der Waals surface area contributed by atoms with Crippen molar-refractivity contribution in [1.82, 2.24) is 25.2 Å². The van der Waals surface area contributed by atoms with Gasteiger partial charge in [0.15, 0.2) is 0 Å². The lowest BCUT2D eigenvalue weighted by Crippen LogP contribution is -2.43. The van der Waals surface area contributed by atoms with Crippen LogP contribution in [0.4, 0.5) is 10.5 Å². The fourth-order valence-electron chi connectivity index (χ4n) is 3.10. The van der Waals surface area contributed by atoms with E-state index in [0.717, 1.165) is 5.01 Å². The number of carbonyl (C=O) groups is 3. The maximum atomic E-state index is 13.2. The Morgan fingerprint density at radius 2 is 2.06 bits per heavy atom. The van der Waals surface area contributed by atoms with Crippen LogP contribution >= 0.6 is 27.5 Å². The summed E-state index contributed by atoms with van der Waals surface area (Å²) < 4.78 is 1.79. The van der Waals surface area contributed by atoms with Gasteiger partial charge in [0, 0.05) is 19.3 Å². The molecular weight excluding hydrogens is 530 g/mol. The van der Waals surface area contributed by atoms with Crippen LogP contribution in [0.2, 0.25) is 5.02 Å². The summed E-state index contributed by atoms with van der Waals surface area (Å²) >= 11 is 9.44. The van der Waals surface area contributed by atoms with E-state index in [1.165, 1.54) is 29.9 Å². The van der Waals surface area contributed by atoms with Crippen LogP contribution in [0.25, 0.3) is 0 Å². The first-order valence-corrected chi connectivity index (χ1v) is 10.7. The van der Waals surface area contributed by atoms with Gasteiger partial charge in [0.25, 0.3) is 11.8 Å². The van der Waals surface area contributed by atoms with Gasteiger partial charge in [-0.3, -0.25) is 24.3 Å². The number of hydrazine groups is 1. The summed E-state index contributed by atoms with van der Waals surface area (Å²) in [5.41, 5.74) is 3.21. The predicted molar refractivity (Wildman–Crippen MR) is 125 cm³/mol. The fraction of sp³-hybridized carbons (Fsp3) is 0.143. The molecule has 0 saturated carbocycles. The number of pyridine rings is 1. The van der Waals surface area contributed by atoms with E-state index in [-0.39, 0.29) is 29.1 Å². The average molecular weight is 547 g/mol. The van der Waals surface area contributed by atoms with Crippen LogP contribution in [0.15, 0.2) is 41.1 Å². The molecule has 0 bridgehead atoms. The van der Waals surface area contributed by atoms with Gasteiger partial charge in [0.2, 0.25) is 0 Å². The molecule has 2 heterocycles. The second-order valence-corrected chi connectivity index (χ2v) is 8.22. The summed E-state index contributed by atoms with van der Waals surface area (Å²) in [4.78, 5) is 41.2. The van der Waals surface area contributed by atoms with Crippen LogP contribution in [0, 0.1) is 18.3 Å². The van der Waals surface area contributed by atoms with Crippen LogP contribution in [-0.4, -0.2) is 49.8 Å². The minimum absolute atomic E-state index is 0.0703. The van der Waals surface area contributed by atoms with Gasteiger partial charge in [-0.1, -0.05) is 11.6 Å². The average Bonchev–Trinajstić information content (AvgIpc) is 3.15. The minimum atomic E-state index is -1.45. The zero-order valence-corrected chi connectivity index (χ0v) is 20.2. The molecule has 0 fully saturated rings. The van der Waals surface area contributed by atoms with E-state index in [1.54, 1.807) is 25.3 Å². The lowest BCUT2D eigenvalue weighted by atomic mass is 10.0. The Hall–Kier alpha value is -3.95. The van der Waals surface area contributed by atoms with Crippen molar-refractivity contribution in [2.24, 2.45) is 0 Å². The summed E-state index contributed by atoms with van der Waals surface area (Å²) in [7, 11) is 1.21. The van der Waals surface area contributed by atoms with Crippen LogP contribution < -0.4 is 10.7 Å². The van der Waals surface area contributed by atoms with Crippen LogP contribution in [-0.2, 0) is 6.54 Å². The van der Waals surface area contributed by atoms with E-state index in [2.05, 4.69) is 31.3 Å². The number of carboxylic acid groups (broad SMARTS) is 1. The monoisotopic (exact) mass is 545 g/mol. The number of anilines is 1. The van der Waals surface area contributed by atoms with Crippen molar-refractivity contribution in [2.75, 3.05) is 12.4 Å². The molecule has 3 N–H and O–H groups in total. The van der Waals surface area contributed by atoms with Gasteiger partial charge in [-0.15, -0.1) is 0 Å². The number of carbonyl (C=O) groups excluding carboxylic acids is 2. The number of nitrogens with zero attached hydrogens (tertiary/aromatic N) is 5. The van der Waals surface area contributed by atoms with Crippen molar-refractivity contribution in [1.29, 1.82) is 5.26 Å². The normalized spacial score (nSPS) is 10.3. The number of rotatable bonds is 5. The molecule has 0 unspecified atom stereocenters. The Morgan fingerprint density at radius 3 is 2.71 bits per heavy atom. The number of aryl methyl sites for hydroxylation is 1. The molecule has 174 valence electrons. The van der Waals surface area contributed by atoms with Gasteiger partial charge in [-0.25, -0.2) is 10.2 Å². The minimum Gasteiger partial charge on any atom is -0.464 e. The van der Waals surface area contributed by atoms with Crippen molar-refractivity contribution < 1.29 is 19.5 Å². The van der Waals surface area contributed by atoms with Crippen molar-refractivity contribution >= 4 is 51.1 Å².